The number of aryl methyl sites for hydroxylation is 2. The van der Waals surface area contributed by atoms with Crippen LogP contribution in [0.15, 0.2) is 73.8 Å². The Kier molecular flexibility index (Phi) is 13.9. The number of likely N-dealkylation sites (N-methyl/N-ethyl adjacent to an activating group) is 1. The number of piperazine rings is 1. The summed E-state index contributed by atoms with van der Waals surface area (Å²) in [7, 11) is 3.26. The van der Waals surface area contributed by atoms with Crippen LogP contribution in [0, 0.1) is 25.5 Å². The molecule has 276 valence electrons. The van der Waals surface area contributed by atoms with Crippen molar-refractivity contribution in [2.24, 2.45) is 0 Å². The van der Waals surface area contributed by atoms with Crippen molar-refractivity contribution in [1.82, 2.24) is 35.5 Å². The van der Waals surface area contributed by atoms with Crippen LogP contribution in [0.3, 0.4) is 0 Å². The third-order valence-electron chi connectivity index (χ3n) is 8.24. The number of anilines is 3. The van der Waals surface area contributed by atoms with Crippen LogP contribution in [0.5, 0.6) is 11.6 Å². The number of allylic oxidation sites excluding steroid dienone is 1. The fraction of sp³-hybridized carbons (Fsp3) is 0.289. The van der Waals surface area contributed by atoms with Crippen LogP contribution in [0.1, 0.15) is 41.2 Å². The van der Waals surface area contributed by atoms with Gasteiger partial charge in [0, 0.05) is 80.0 Å². The van der Waals surface area contributed by atoms with E-state index >= 15 is 8.78 Å². The lowest BCUT2D eigenvalue weighted by Gasteiger charge is -2.35. The average molecular weight is 718 g/mol. The summed E-state index contributed by atoms with van der Waals surface area (Å²) in [6.07, 6.45) is 5.92. The molecule has 0 unspecified atom stereocenters. The van der Waals surface area contributed by atoms with Crippen LogP contribution in [-0.2, 0) is 0 Å². The Hall–Kier alpha value is -5.76. The standard InChI is InChI=1S/C27H29F2N7O2.C8H10FN.C3H7N/c1-4-35-9-11-36(12-10-35)21-7-5-17(14-19(21)28)34-25-23(26(37)30-3)27(32-15-31-25)38-22-8-6-20-18(24(22)29)13-16(2)33-20;1-3-8(9)7-4-6(2)10-5-7;1-3-4-2/h5-8,13-15,33H,4,9-12H2,1-3H3,(H,30,37)(H,31,32,34);3-5,10H,1-2H3;3-4H,1H2,2H3/b;8-3-;. The smallest absolute Gasteiger partial charge is 0.260 e. The normalized spacial score (nSPS) is 13.0. The number of carbonyl (C=O) groups excluding carboxylic acids is 1. The molecule has 0 bridgehead atoms. The van der Waals surface area contributed by atoms with Crippen LogP contribution >= 0.6 is 0 Å². The van der Waals surface area contributed by atoms with Crippen LogP contribution < -0.4 is 25.6 Å². The topological polar surface area (TPSA) is 126 Å². The minimum absolute atomic E-state index is 0.0417. The Balaban J connectivity index is 0.000000363. The lowest BCUT2D eigenvalue weighted by atomic mass is 10.2. The molecule has 1 amide bonds. The number of halogens is 3. The molecule has 0 atom stereocenters. The van der Waals surface area contributed by atoms with Gasteiger partial charge in [0.05, 0.1) is 5.69 Å². The Bertz CT molecular complexity index is 2000. The average Bonchev–Trinajstić information content (AvgIpc) is 3.78. The van der Waals surface area contributed by atoms with Crippen molar-refractivity contribution in [2.75, 3.05) is 57.0 Å². The van der Waals surface area contributed by atoms with Crippen molar-refractivity contribution in [3.05, 3.63) is 108 Å². The van der Waals surface area contributed by atoms with Gasteiger partial charge in [-0.1, -0.05) is 19.6 Å². The van der Waals surface area contributed by atoms with E-state index in [0.717, 1.165) is 44.1 Å². The molecule has 52 heavy (non-hydrogen) atoms. The molecule has 1 aliphatic rings. The summed E-state index contributed by atoms with van der Waals surface area (Å²) in [5, 5.41) is 8.58. The maximum Gasteiger partial charge on any atom is 0.260 e. The molecule has 3 aromatic heterocycles. The summed E-state index contributed by atoms with van der Waals surface area (Å²) in [6.45, 7) is 15.1. The Morgan fingerprint density at radius 2 is 1.77 bits per heavy atom. The van der Waals surface area contributed by atoms with Crippen molar-refractivity contribution >= 4 is 39.8 Å². The summed E-state index contributed by atoms with van der Waals surface area (Å²) in [4.78, 5) is 31.4. The molecule has 14 heteroatoms. The molecule has 11 nitrogen and oxygen atoms in total. The molecule has 0 radical (unpaired) electrons. The van der Waals surface area contributed by atoms with Crippen molar-refractivity contribution < 1.29 is 22.7 Å². The van der Waals surface area contributed by atoms with Gasteiger partial charge in [0.2, 0.25) is 5.88 Å². The van der Waals surface area contributed by atoms with E-state index in [4.69, 9.17) is 4.74 Å². The minimum atomic E-state index is -0.583. The molecule has 0 spiro atoms. The monoisotopic (exact) mass is 717 g/mol. The van der Waals surface area contributed by atoms with E-state index in [1.165, 1.54) is 31.6 Å². The number of aromatic nitrogens is 4. The van der Waals surface area contributed by atoms with Crippen molar-refractivity contribution in [1.29, 1.82) is 0 Å². The Morgan fingerprint density at radius 3 is 2.37 bits per heavy atom. The second kappa shape index (κ2) is 18.5. The molecule has 5 aromatic rings. The van der Waals surface area contributed by atoms with E-state index in [9.17, 15) is 9.18 Å². The van der Waals surface area contributed by atoms with Gasteiger partial charge in [-0.3, -0.25) is 4.79 Å². The predicted octanol–water partition coefficient (Wildman–Crippen LogP) is 7.58. The Labute approximate surface area is 302 Å². The number of ether oxygens (including phenoxy) is 1. The molecular formula is C38H46F3N9O2. The van der Waals surface area contributed by atoms with Gasteiger partial charge in [-0.25, -0.2) is 23.1 Å². The number of nitrogens with one attached hydrogen (secondary N) is 5. The SMILES string of the molecule is C/C=C(\F)c1c[nH]c(C)c1.C=CNC.CCN1CCN(c2ccc(Nc3ncnc(Oc4ccc5[nH]c(C)cc5c4F)c3C(=O)NC)cc2F)CC1. The molecular weight excluding hydrogens is 671 g/mol. The summed E-state index contributed by atoms with van der Waals surface area (Å²) in [5.74, 6) is -1.83. The molecule has 5 N–H and O–H groups in total. The number of rotatable bonds is 9. The molecule has 2 aromatic carbocycles. The number of hydrogen-bond donors (Lipinski definition) is 5. The largest absolute Gasteiger partial charge is 0.435 e. The number of fused-ring (bicyclic) bond motifs is 1. The van der Waals surface area contributed by atoms with E-state index < -0.39 is 11.7 Å². The van der Waals surface area contributed by atoms with E-state index in [0.29, 0.717) is 27.8 Å². The zero-order chi connectivity index (χ0) is 37.8. The number of H-pyrrole nitrogens is 2. The molecule has 6 rings (SSSR count). The maximum atomic E-state index is 15.2. The number of amides is 1. The molecule has 1 saturated heterocycles. The van der Waals surface area contributed by atoms with Gasteiger partial charge < -0.3 is 40.5 Å². The fourth-order valence-electron chi connectivity index (χ4n) is 5.44. The zero-order valence-corrected chi connectivity index (χ0v) is 30.3. The third kappa shape index (κ3) is 9.72. The number of carbonyl (C=O) groups is 1. The first-order valence-electron chi connectivity index (χ1n) is 16.8. The number of hydrogen-bond acceptors (Lipinski definition) is 8. The first-order chi connectivity index (χ1) is 25.0. The van der Waals surface area contributed by atoms with Crippen LogP contribution in [-0.4, -0.2) is 77.6 Å². The first kappa shape index (κ1) is 39.0. The highest BCUT2D eigenvalue weighted by molar-refractivity contribution is 6.01. The van der Waals surface area contributed by atoms with Gasteiger partial charge in [-0.05, 0) is 76.0 Å². The van der Waals surface area contributed by atoms with E-state index in [1.807, 2.05) is 25.8 Å². The van der Waals surface area contributed by atoms with Crippen molar-refractivity contribution in [2.45, 2.75) is 27.7 Å². The molecule has 0 saturated carbocycles. The van der Waals surface area contributed by atoms with Crippen molar-refractivity contribution in [3.63, 3.8) is 0 Å². The zero-order valence-electron chi connectivity index (χ0n) is 30.3. The second-order valence-corrected chi connectivity index (χ2v) is 11.8. The lowest BCUT2D eigenvalue weighted by molar-refractivity contribution is 0.0960. The Morgan fingerprint density at radius 1 is 1.04 bits per heavy atom. The number of nitrogens with zero attached hydrogens (tertiary/aromatic N) is 4. The molecule has 4 heterocycles. The molecule has 1 fully saturated rings. The summed E-state index contributed by atoms with van der Waals surface area (Å²) in [6, 6.07) is 11.4. The highest BCUT2D eigenvalue weighted by Gasteiger charge is 2.23. The van der Waals surface area contributed by atoms with Gasteiger partial charge in [-0.2, -0.15) is 0 Å². The summed E-state index contributed by atoms with van der Waals surface area (Å²) < 4.78 is 48.8. The summed E-state index contributed by atoms with van der Waals surface area (Å²) >= 11 is 0. The number of aromatic amines is 2. The summed E-state index contributed by atoms with van der Waals surface area (Å²) in [5.41, 5.74) is 3.91. The van der Waals surface area contributed by atoms with Crippen molar-refractivity contribution in [3.8, 4) is 11.6 Å². The quantitative estimate of drug-likeness (QED) is 0.106. The van der Waals surface area contributed by atoms with Gasteiger partial charge in [-0.15, -0.1) is 0 Å². The number of benzene rings is 2. The second-order valence-electron chi connectivity index (χ2n) is 11.8. The van der Waals surface area contributed by atoms with E-state index in [-0.39, 0.29) is 34.7 Å². The van der Waals surface area contributed by atoms with Gasteiger partial charge in [0.15, 0.2) is 17.4 Å². The predicted molar refractivity (Wildman–Crippen MR) is 202 cm³/mol. The van der Waals surface area contributed by atoms with Gasteiger partial charge in [0.25, 0.3) is 5.91 Å². The van der Waals surface area contributed by atoms with E-state index in [1.54, 1.807) is 49.7 Å². The highest BCUT2D eigenvalue weighted by atomic mass is 19.1. The van der Waals surface area contributed by atoms with Crippen LogP contribution in [0.2, 0.25) is 0 Å². The highest BCUT2D eigenvalue weighted by Crippen LogP contribution is 2.34. The van der Waals surface area contributed by atoms with E-state index in [2.05, 4.69) is 54.3 Å². The third-order valence-corrected chi connectivity index (χ3v) is 8.24. The maximum absolute atomic E-state index is 15.2. The van der Waals surface area contributed by atoms with Crippen LogP contribution in [0.4, 0.5) is 30.4 Å². The lowest BCUT2D eigenvalue weighted by Crippen LogP contribution is -2.46. The molecule has 0 aliphatic carbocycles. The fourth-order valence-corrected chi connectivity index (χ4v) is 5.44. The van der Waals surface area contributed by atoms with Crippen LogP contribution in [0.25, 0.3) is 16.7 Å². The van der Waals surface area contributed by atoms with Gasteiger partial charge in [0.1, 0.15) is 23.5 Å². The first-order valence-corrected chi connectivity index (χ1v) is 16.8. The molecule has 1 aliphatic heterocycles. The van der Waals surface area contributed by atoms with Gasteiger partial charge >= 0.3 is 0 Å². The minimum Gasteiger partial charge on any atom is -0.435 e.